The van der Waals surface area contributed by atoms with Crippen molar-refractivity contribution in [3.05, 3.63) is 50.6 Å². The number of nitro groups is 1. The Hall–Kier alpha value is -2.97. The molecule has 2 rings (SSSR count). The Balaban J connectivity index is 2.13. The smallest absolute Gasteiger partial charge is 0.285 e. The minimum Gasteiger partial charge on any atom is -0.360 e. The third-order valence-corrected chi connectivity index (χ3v) is 2.39. The minimum absolute atomic E-state index is 0.214. The van der Waals surface area contributed by atoms with Gasteiger partial charge in [-0.15, -0.1) is 0 Å². The molecule has 9 nitrogen and oxygen atoms in total. The monoisotopic (exact) mass is 278 g/mol. The highest BCUT2D eigenvalue weighted by molar-refractivity contribution is 5.89. The van der Waals surface area contributed by atoms with Crippen molar-refractivity contribution < 1.29 is 14.2 Å². The van der Waals surface area contributed by atoms with Crippen LogP contribution in [0, 0.1) is 17.0 Å². The van der Waals surface area contributed by atoms with E-state index in [4.69, 9.17) is 4.52 Å². The van der Waals surface area contributed by atoms with Gasteiger partial charge in [0.15, 0.2) is 5.82 Å². The third-order valence-electron chi connectivity index (χ3n) is 2.39. The Labute approximate surface area is 112 Å². The number of nitrogens with one attached hydrogen (secondary N) is 1. The van der Waals surface area contributed by atoms with Crippen molar-refractivity contribution in [2.24, 2.45) is 0 Å². The first kappa shape index (κ1) is 13.5. The molecule has 0 atom stereocenters. The lowest BCUT2D eigenvalue weighted by molar-refractivity contribution is -0.385. The van der Waals surface area contributed by atoms with Gasteiger partial charge in [-0.05, 0) is 6.92 Å². The van der Waals surface area contributed by atoms with E-state index in [1.54, 1.807) is 6.92 Å². The molecule has 0 fully saturated rings. The Bertz CT molecular complexity index is 718. The topological polar surface area (TPSA) is 120 Å². The molecule has 2 aromatic heterocycles. The number of aromatic nitrogens is 2. The summed E-state index contributed by atoms with van der Waals surface area (Å²) >= 11 is 0. The van der Waals surface area contributed by atoms with Crippen molar-refractivity contribution in [2.45, 2.75) is 13.5 Å². The number of pyridine rings is 1. The fourth-order valence-corrected chi connectivity index (χ4v) is 1.51. The highest BCUT2D eigenvalue weighted by Crippen LogP contribution is 2.08. The summed E-state index contributed by atoms with van der Waals surface area (Å²) in [7, 11) is 0. The van der Waals surface area contributed by atoms with Crippen LogP contribution in [0.15, 0.2) is 33.7 Å². The molecule has 0 radical (unpaired) electrons. The summed E-state index contributed by atoms with van der Waals surface area (Å²) in [5.74, 6) is 0.194. The molecular weight excluding hydrogens is 268 g/mol. The van der Waals surface area contributed by atoms with E-state index in [0.717, 1.165) is 22.9 Å². The minimum atomic E-state index is -0.644. The van der Waals surface area contributed by atoms with Gasteiger partial charge in [0.05, 0.1) is 11.1 Å². The summed E-state index contributed by atoms with van der Waals surface area (Å²) in [5, 5.41) is 16.6. The largest absolute Gasteiger partial charge is 0.360 e. The first-order valence-electron chi connectivity index (χ1n) is 5.54. The molecule has 1 amide bonds. The molecule has 20 heavy (non-hydrogen) atoms. The fourth-order valence-electron chi connectivity index (χ4n) is 1.51. The van der Waals surface area contributed by atoms with E-state index in [-0.39, 0.29) is 18.1 Å². The van der Waals surface area contributed by atoms with Gasteiger partial charge in [-0.3, -0.25) is 24.3 Å². The maximum atomic E-state index is 11.7. The van der Waals surface area contributed by atoms with E-state index >= 15 is 0 Å². The lowest BCUT2D eigenvalue weighted by Crippen LogP contribution is -2.27. The van der Waals surface area contributed by atoms with Gasteiger partial charge in [-0.1, -0.05) is 5.16 Å². The Kier molecular flexibility index (Phi) is 3.60. The molecule has 0 aliphatic rings. The van der Waals surface area contributed by atoms with Gasteiger partial charge in [-0.2, -0.15) is 0 Å². The van der Waals surface area contributed by atoms with Crippen LogP contribution in [-0.2, 0) is 11.3 Å². The molecule has 0 bridgehead atoms. The number of hydrogen-bond donors (Lipinski definition) is 1. The predicted octanol–water partition coefficient (Wildman–Crippen LogP) is 0.692. The maximum Gasteiger partial charge on any atom is 0.285 e. The van der Waals surface area contributed by atoms with Crippen LogP contribution < -0.4 is 10.9 Å². The van der Waals surface area contributed by atoms with Gasteiger partial charge < -0.3 is 9.84 Å². The second-order valence-electron chi connectivity index (χ2n) is 3.98. The molecule has 0 aliphatic carbocycles. The van der Waals surface area contributed by atoms with Crippen LogP contribution in [0.2, 0.25) is 0 Å². The van der Waals surface area contributed by atoms with E-state index in [1.165, 1.54) is 6.07 Å². The summed E-state index contributed by atoms with van der Waals surface area (Å²) in [6.07, 6.45) is 1.01. The lowest BCUT2D eigenvalue weighted by Gasteiger charge is -2.04. The van der Waals surface area contributed by atoms with Crippen LogP contribution in [0.1, 0.15) is 5.76 Å². The number of carbonyl (C=O) groups excluding carboxylic acids is 1. The average Bonchev–Trinajstić information content (AvgIpc) is 2.77. The summed E-state index contributed by atoms with van der Waals surface area (Å²) in [4.78, 5) is 33.2. The molecular formula is C11H10N4O5. The third kappa shape index (κ3) is 3.07. The fraction of sp³-hybridized carbons (Fsp3) is 0.182. The zero-order valence-corrected chi connectivity index (χ0v) is 10.4. The van der Waals surface area contributed by atoms with Gasteiger partial charge in [0.2, 0.25) is 5.91 Å². The summed E-state index contributed by atoms with van der Waals surface area (Å²) < 4.78 is 5.71. The van der Waals surface area contributed by atoms with E-state index in [9.17, 15) is 19.7 Å². The van der Waals surface area contributed by atoms with Gasteiger partial charge in [0.1, 0.15) is 12.3 Å². The number of carbonyl (C=O) groups is 1. The van der Waals surface area contributed by atoms with Gasteiger partial charge in [-0.25, -0.2) is 0 Å². The zero-order valence-electron chi connectivity index (χ0n) is 10.4. The summed E-state index contributed by atoms with van der Waals surface area (Å²) in [6, 6.07) is 3.62. The molecule has 2 aromatic rings. The van der Waals surface area contributed by atoms with Crippen LogP contribution >= 0.6 is 0 Å². The van der Waals surface area contributed by atoms with E-state index < -0.39 is 16.4 Å². The molecule has 0 aliphatic heterocycles. The summed E-state index contributed by atoms with van der Waals surface area (Å²) in [5.41, 5.74) is -0.781. The number of aryl methyl sites for hydroxylation is 1. The highest BCUT2D eigenvalue weighted by Gasteiger charge is 2.11. The van der Waals surface area contributed by atoms with Crippen molar-refractivity contribution >= 4 is 17.4 Å². The normalized spacial score (nSPS) is 10.2. The quantitative estimate of drug-likeness (QED) is 0.648. The lowest BCUT2D eigenvalue weighted by atomic mass is 10.4. The van der Waals surface area contributed by atoms with E-state index in [0.29, 0.717) is 5.76 Å². The highest BCUT2D eigenvalue weighted by atomic mass is 16.6. The standard InChI is InChI=1S/C11H10N4O5/c1-7-4-9(13-20-7)12-10(16)6-14-5-8(15(18)19)2-3-11(14)17/h2-5H,6H2,1H3,(H,12,13,16). The number of amides is 1. The Morgan fingerprint density at radius 3 is 2.90 bits per heavy atom. The van der Waals surface area contributed by atoms with E-state index in [2.05, 4.69) is 10.5 Å². The zero-order chi connectivity index (χ0) is 14.7. The van der Waals surface area contributed by atoms with Crippen LogP contribution in [0.3, 0.4) is 0 Å². The summed E-state index contributed by atoms with van der Waals surface area (Å²) in [6.45, 7) is 1.31. The molecule has 0 spiro atoms. The van der Waals surface area contributed by atoms with Gasteiger partial charge in [0.25, 0.3) is 11.2 Å². The molecule has 9 heteroatoms. The molecule has 104 valence electrons. The molecule has 0 saturated carbocycles. The van der Waals surface area contributed by atoms with Crippen molar-refractivity contribution in [3.8, 4) is 0 Å². The first-order chi connectivity index (χ1) is 9.45. The second-order valence-corrected chi connectivity index (χ2v) is 3.98. The predicted molar refractivity (Wildman–Crippen MR) is 67.2 cm³/mol. The van der Waals surface area contributed by atoms with Crippen LogP contribution in [0.5, 0.6) is 0 Å². The average molecular weight is 278 g/mol. The first-order valence-corrected chi connectivity index (χ1v) is 5.54. The molecule has 2 heterocycles. The molecule has 0 aromatic carbocycles. The number of hydrogen-bond acceptors (Lipinski definition) is 6. The second kappa shape index (κ2) is 5.34. The van der Waals surface area contributed by atoms with Crippen molar-refractivity contribution in [2.75, 3.05) is 5.32 Å². The Morgan fingerprint density at radius 1 is 1.55 bits per heavy atom. The molecule has 0 saturated heterocycles. The van der Waals surface area contributed by atoms with Crippen LogP contribution in [0.4, 0.5) is 11.5 Å². The van der Waals surface area contributed by atoms with Gasteiger partial charge >= 0.3 is 0 Å². The van der Waals surface area contributed by atoms with Crippen LogP contribution in [0.25, 0.3) is 0 Å². The number of rotatable bonds is 4. The Morgan fingerprint density at radius 2 is 2.30 bits per heavy atom. The number of anilines is 1. The van der Waals surface area contributed by atoms with Crippen molar-refractivity contribution in [3.63, 3.8) is 0 Å². The van der Waals surface area contributed by atoms with Crippen molar-refractivity contribution in [1.82, 2.24) is 9.72 Å². The van der Waals surface area contributed by atoms with E-state index in [1.807, 2.05) is 0 Å². The number of nitrogens with zero attached hydrogens (tertiary/aromatic N) is 3. The SMILES string of the molecule is Cc1cc(NC(=O)Cn2cc([N+](=O)[O-])ccc2=O)no1. The molecule has 0 unspecified atom stereocenters. The maximum absolute atomic E-state index is 11.7. The van der Waals surface area contributed by atoms with Gasteiger partial charge in [0, 0.05) is 18.2 Å². The van der Waals surface area contributed by atoms with Crippen LogP contribution in [-0.4, -0.2) is 20.6 Å². The molecule has 1 N–H and O–H groups in total. The van der Waals surface area contributed by atoms with Crippen molar-refractivity contribution in [1.29, 1.82) is 0 Å².